The molecule has 2 aromatic carbocycles. The zero-order valence-corrected chi connectivity index (χ0v) is 13.4. The maximum Gasteiger partial charge on any atom is 0.220 e. The van der Waals surface area contributed by atoms with E-state index in [9.17, 15) is 4.79 Å². The van der Waals surface area contributed by atoms with Crippen molar-refractivity contribution in [3.63, 3.8) is 0 Å². The van der Waals surface area contributed by atoms with Crippen molar-refractivity contribution in [2.24, 2.45) is 5.73 Å². The lowest BCUT2D eigenvalue weighted by molar-refractivity contribution is -0.121. The van der Waals surface area contributed by atoms with E-state index in [4.69, 9.17) is 5.73 Å². The highest BCUT2D eigenvalue weighted by Crippen LogP contribution is 2.33. The molecule has 0 radical (unpaired) electrons. The summed E-state index contributed by atoms with van der Waals surface area (Å²) < 4.78 is 0. The Morgan fingerprint density at radius 2 is 1.87 bits per heavy atom. The molecule has 3 nitrogen and oxygen atoms in total. The second-order valence-corrected chi connectivity index (χ2v) is 6.31. The summed E-state index contributed by atoms with van der Waals surface area (Å²) in [5, 5.41) is 3.00. The Hall–Kier alpha value is -2.13. The van der Waals surface area contributed by atoms with E-state index in [1.54, 1.807) is 0 Å². The molecule has 0 spiro atoms. The maximum absolute atomic E-state index is 12.3. The van der Waals surface area contributed by atoms with Crippen molar-refractivity contribution in [3.8, 4) is 0 Å². The predicted octanol–water partition coefficient (Wildman–Crippen LogP) is 3.31. The van der Waals surface area contributed by atoms with Gasteiger partial charge in [-0.2, -0.15) is 0 Å². The molecule has 2 unspecified atom stereocenters. The number of fused-ring (bicyclic) bond motifs is 1. The Kier molecular flexibility index (Phi) is 5.09. The maximum atomic E-state index is 12.3. The third kappa shape index (κ3) is 3.99. The van der Waals surface area contributed by atoms with Gasteiger partial charge in [0.2, 0.25) is 5.91 Å². The van der Waals surface area contributed by atoms with Crippen LogP contribution in [0.5, 0.6) is 0 Å². The molecule has 3 heteroatoms. The van der Waals surface area contributed by atoms with Gasteiger partial charge in [-0.25, -0.2) is 0 Å². The highest BCUT2D eigenvalue weighted by Gasteiger charge is 2.22. The van der Waals surface area contributed by atoms with Gasteiger partial charge in [0.15, 0.2) is 0 Å². The van der Waals surface area contributed by atoms with Gasteiger partial charge in [0, 0.05) is 19.0 Å². The zero-order chi connectivity index (χ0) is 16.1. The second kappa shape index (κ2) is 7.42. The number of nitrogens with two attached hydrogens (primary N) is 1. The zero-order valence-electron chi connectivity index (χ0n) is 13.4. The number of nitrogens with one attached hydrogen (secondary N) is 1. The van der Waals surface area contributed by atoms with E-state index in [-0.39, 0.29) is 11.9 Å². The SMILES string of the molecule is NC(CNC(=O)CC1CCCc2ccccc21)c1ccccc1. The van der Waals surface area contributed by atoms with Gasteiger partial charge in [-0.1, -0.05) is 54.6 Å². The Morgan fingerprint density at radius 1 is 1.13 bits per heavy atom. The van der Waals surface area contributed by atoms with Gasteiger partial charge in [0.25, 0.3) is 0 Å². The van der Waals surface area contributed by atoms with E-state index >= 15 is 0 Å². The van der Waals surface area contributed by atoms with Gasteiger partial charge in [-0.05, 0) is 41.9 Å². The lowest BCUT2D eigenvalue weighted by Crippen LogP contribution is -2.33. The molecule has 1 amide bonds. The van der Waals surface area contributed by atoms with Crippen LogP contribution >= 0.6 is 0 Å². The standard InChI is InChI=1S/C20H24N2O/c21-19(16-8-2-1-3-9-16)14-22-20(23)13-17-11-6-10-15-7-4-5-12-18(15)17/h1-5,7-9,12,17,19H,6,10-11,13-14,21H2,(H,22,23). The van der Waals surface area contributed by atoms with Gasteiger partial charge < -0.3 is 11.1 Å². The third-order valence-corrected chi connectivity index (χ3v) is 4.67. The van der Waals surface area contributed by atoms with E-state index in [0.717, 1.165) is 18.4 Å². The minimum Gasteiger partial charge on any atom is -0.354 e. The number of rotatable bonds is 5. The average molecular weight is 308 g/mol. The number of carbonyl (C=O) groups is 1. The van der Waals surface area contributed by atoms with Crippen LogP contribution in [0.2, 0.25) is 0 Å². The molecule has 2 atom stereocenters. The lowest BCUT2D eigenvalue weighted by atomic mass is 9.81. The molecule has 0 saturated heterocycles. The van der Waals surface area contributed by atoms with Crippen molar-refractivity contribution in [2.75, 3.05) is 6.54 Å². The summed E-state index contributed by atoms with van der Waals surface area (Å²) in [7, 11) is 0. The Bertz CT molecular complexity index is 654. The molecular formula is C20H24N2O. The van der Waals surface area contributed by atoms with Crippen LogP contribution < -0.4 is 11.1 Å². The highest BCUT2D eigenvalue weighted by molar-refractivity contribution is 5.77. The number of aryl methyl sites for hydroxylation is 1. The topological polar surface area (TPSA) is 55.1 Å². The molecule has 120 valence electrons. The van der Waals surface area contributed by atoms with Gasteiger partial charge in [0.1, 0.15) is 0 Å². The van der Waals surface area contributed by atoms with Crippen LogP contribution in [0.1, 0.15) is 47.9 Å². The summed E-state index contributed by atoms with van der Waals surface area (Å²) in [5.74, 6) is 0.436. The van der Waals surface area contributed by atoms with E-state index < -0.39 is 0 Å². The van der Waals surface area contributed by atoms with Gasteiger partial charge in [-0.3, -0.25) is 4.79 Å². The van der Waals surface area contributed by atoms with Gasteiger partial charge in [-0.15, -0.1) is 0 Å². The van der Waals surface area contributed by atoms with Gasteiger partial charge >= 0.3 is 0 Å². The number of hydrogen-bond acceptors (Lipinski definition) is 2. The van der Waals surface area contributed by atoms with Gasteiger partial charge in [0.05, 0.1) is 0 Å². The smallest absolute Gasteiger partial charge is 0.220 e. The molecule has 0 fully saturated rings. The summed E-state index contributed by atoms with van der Waals surface area (Å²) in [6, 6.07) is 18.2. The van der Waals surface area contributed by atoms with Crippen LogP contribution in [-0.2, 0) is 11.2 Å². The fraction of sp³-hybridized carbons (Fsp3) is 0.350. The third-order valence-electron chi connectivity index (χ3n) is 4.67. The Labute approximate surface area is 137 Å². The first-order valence-electron chi connectivity index (χ1n) is 8.39. The number of carbonyl (C=O) groups excluding carboxylic acids is 1. The van der Waals surface area contributed by atoms with Crippen LogP contribution in [0, 0.1) is 0 Å². The molecule has 23 heavy (non-hydrogen) atoms. The molecule has 0 aliphatic heterocycles. The molecular weight excluding hydrogens is 284 g/mol. The van der Waals surface area contributed by atoms with E-state index in [1.165, 1.54) is 17.5 Å². The van der Waals surface area contributed by atoms with Crippen molar-refractivity contribution >= 4 is 5.91 Å². The van der Waals surface area contributed by atoms with Crippen molar-refractivity contribution in [1.29, 1.82) is 0 Å². The number of benzene rings is 2. The fourth-order valence-electron chi connectivity index (χ4n) is 3.40. The van der Waals surface area contributed by atoms with Crippen LogP contribution in [0.25, 0.3) is 0 Å². The minimum absolute atomic E-state index is 0.0954. The monoisotopic (exact) mass is 308 g/mol. The van der Waals surface area contributed by atoms with Crippen LogP contribution in [0.3, 0.4) is 0 Å². The van der Waals surface area contributed by atoms with Crippen molar-refractivity contribution < 1.29 is 4.79 Å². The summed E-state index contributed by atoms with van der Waals surface area (Å²) in [6.45, 7) is 0.483. The Morgan fingerprint density at radius 3 is 2.70 bits per heavy atom. The molecule has 2 aromatic rings. The van der Waals surface area contributed by atoms with Crippen LogP contribution in [-0.4, -0.2) is 12.5 Å². The summed E-state index contributed by atoms with van der Waals surface area (Å²) in [4.78, 5) is 12.3. The summed E-state index contributed by atoms with van der Waals surface area (Å²) >= 11 is 0. The molecule has 0 heterocycles. The second-order valence-electron chi connectivity index (χ2n) is 6.31. The average Bonchev–Trinajstić information content (AvgIpc) is 2.61. The van der Waals surface area contributed by atoms with E-state index in [2.05, 4.69) is 29.6 Å². The Balaban J connectivity index is 1.54. The van der Waals surface area contributed by atoms with Crippen molar-refractivity contribution in [3.05, 3.63) is 71.3 Å². The van der Waals surface area contributed by atoms with Crippen molar-refractivity contribution in [2.45, 2.75) is 37.6 Å². The first-order chi connectivity index (χ1) is 11.2. The minimum atomic E-state index is -0.154. The fourth-order valence-corrected chi connectivity index (χ4v) is 3.40. The molecule has 3 rings (SSSR count). The largest absolute Gasteiger partial charge is 0.354 e. The molecule has 3 N–H and O–H groups in total. The van der Waals surface area contributed by atoms with Crippen LogP contribution in [0.4, 0.5) is 0 Å². The summed E-state index contributed by atoms with van der Waals surface area (Å²) in [6.07, 6.45) is 3.94. The van der Waals surface area contributed by atoms with E-state index in [1.807, 2.05) is 30.3 Å². The molecule has 1 aliphatic rings. The first kappa shape index (κ1) is 15.8. The number of hydrogen-bond donors (Lipinski definition) is 2. The molecule has 0 bridgehead atoms. The van der Waals surface area contributed by atoms with Crippen LogP contribution in [0.15, 0.2) is 54.6 Å². The number of amides is 1. The quantitative estimate of drug-likeness (QED) is 0.890. The first-order valence-corrected chi connectivity index (χ1v) is 8.39. The normalized spacial score (nSPS) is 18.0. The van der Waals surface area contributed by atoms with Crippen molar-refractivity contribution in [1.82, 2.24) is 5.32 Å². The molecule has 0 saturated carbocycles. The molecule has 0 aromatic heterocycles. The highest BCUT2D eigenvalue weighted by atomic mass is 16.1. The lowest BCUT2D eigenvalue weighted by Gasteiger charge is -2.25. The predicted molar refractivity (Wildman–Crippen MR) is 93.1 cm³/mol. The molecule has 1 aliphatic carbocycles. The van der Waals surface area contributed by atoms with E-state index in [0.29, 0.717) is 18.9 Å². The summed E-state index contributed by atoms with van der Waals surface area (Å²) in [5.41, 5.74) is 9.94.